The molecule has 17 heavy (non-hydrogen) atoms. The minimum Gasteiger partial charge on any atom is -0.381 e. The maximum Gasteiger partial charge on any atom is 0.0563 e. The lowest BCUT2D eigenvalue weighted by atomic mass is 9.64. The van der Waals surface area contributed by atoms with Crippen LogP contribution in [0.3, 0.4) is 0 Å². The molecule has 3 rings (SSSR count). The Balaban J connectivity index is 1.75. The van der Waals surface area contributed by atoms with E-state index < -0.39 is 0 Å². The van der Waals surface area contributed by atoms with Gasteiger partial charge in [0.05, 0.1) is 13.2 Å². The van der Waals surface area contributed by atoms with Crippen molar-refractivity contribution in [2.24, 2.45) is 11.3 Å². The van der Waals surface area contributed by atoms with E-state index in [2.05, 4.69) is 17.3 Å². The average molecular weight is 240 g/mol. The Morgan fingerprint density at radius 2 is 1.94 bits per heavy atom. The minimum absolute atomic E-state index is 0.395. The van der Waals surface area contributed by atoms with Crippen LogP contribution in [0.25, 0.3) is 0 Å². The van der Waals surface area contributed by atoms with E-state index in [1.54, 1.807) is 0 Å². The standard InChI is InChI=1S/C13H24N2O2/c1-15-5-4-14-8-12(15)13(9-17-10-13)11-2-6-16-7-3-11/h11-12,14H,2-10H2,1H3. The van der Waals surface area contributed by atoms with Gasteiger partial charge in [-0.2, -0.15) is 0 Å². The van der Waals surface area contributed by atoms with E-state index in [4.69, 9.17) is 9.47 Å². The first-order valence-electron chi connectivity index (χ1n) is 6.89. The maximum absolute atomic E-state index is 5.60. The molecule has 3 aliphatic heterocycles. The summed E-state index contributed by atoms with van der Waals surface area (Å²) in [6.45, 7) is 7.19. The van der Waals surface area contributed by atoms with Crippen molar-refractivity contribution in [2.45, 2.75) is 18.9 Å². The second-order valence-corrected chi connectivity index (χ2v) is 5.81. The number of rotatable bonds is 2. The fourth-order valence-electron chi connectivity index (χ4n) is 3.76. The molecule has 1 N–H and O–H groups in total. The Labute approximate surface area is 104 Å². The van der Waals surface area contributed by atoms with Crippen LogP contribution in [-0.4, -0.2) is 64.1 Å². The summed E-state index contributed by atoms with van der Waals surface area (Å²) in [6.07, 6.45) is 2.43. The lowest BCUT2D eigenvalue weighted by molar-refractivity contribution is -0.198. The van der Waals surface area contributed by atoms with Crippen molar-refractivity contribution in [1.29, 1.82) is 0 Å². The van der Waals surface area contributed by atoms with E-state index in [0.717, 1.165) is 52.0 Å². The Morgan fingerprint density at radius 1 is 1.18 bits per heavy atom. The third kappa shape index (κ3) is 2.01. The largest absolute Gasteiger partial charge is 0.381 e. The van der Waals surface area contributed by atoms with Gasteiger partial charge in [-0.15, -0.1) is 0 Å². The van der Waals surface area contributed by atoms with Crippen molar-refractivity contribution in [3.63, 3.8) is 0 Å². The van der Waals surface area contributed by atoms with Crippen molar-refractivity contribution in [2.75, 3.05) is 53.1 Å². The molecule has 3 heterocycles. The highest BCUT2D eigenvalue weighted by molar-refractivity contribution is 5.03. The second kappa shape index (κ2) is 4.84. The van der Waals surface area contributed by atoms with Crippen molar-refractivity contribution in [1.82, 2.24) is 10.2 Å². The molecule has 0 spiro atoms. The summed E-state index contributed by atoms with van der Waals surface area (Å²) in [6, 6.07) is 0.646. The van der Waals surface area contributed by atoms with Gasteiger partial charge in [0.25, 0.3) is 0 Å². The highest BCUT2D eigenvalue weighted by Gasteiger charge is 2.52. The summed E-state index contributed by atoms with van der Waals surface area (Å²) in [4.78, 5) is 2.54. The average Bonchev–Trinajstić information content (AvgIpc) is 2.32. The van der Waals surface area contributed by atoms with E-state index in [9.17, 15) is 0 Å². The van der Waals surface area contributed by atoms with Gasteiger partial charge in [-0.3, -0.25) is 0 Å². The van der Waals surface area contributed by atoms with Crippen LogP contribution in [0.5, 0.6) is 0 Å². The van der Waals surface area contributed by atoms with Gasteiger partial charge in [0.1, 0.15) is 0 Å². The van der Waals surface area contributed by atoms with E-state index in [0.29, 0.717) is 11.5 Å². The van der Waals surface area contributed by atoms with Gasteiger partial charge in [-0.25, -0.2) is 0 Å². The van der Waals surface area contributed by atoms with E-state index in [-0.39, 0.29) is 0 Å². The van der Waals surface area contributed by atoms with Gasteiger partial charge >= 0.3 is 0 Å². The fourth-order valence-corrected chi connectivity index (χ4v) is 3.76. The Hall–Kier alpha value is -0.160. The molecule has 98 valence electrons. The molecule has 1 atom stereocenters. The molecule has 3 fully saturated rings. The number of nitrogens with one attached hydrogen (secondary N) is 1. The van der Waals surface area contributed by atoms with E-state index in [1.165, 1.54) is 12.8 Å². The van der Waals surface area contributed by atoms with Gasteiger partial charge in [-0.05, 0) is 25.8 Å². The number of likely N-dealkylation sites (N-methyl/N-ethyl adjacent to an activating group) is 1. The number of piperazine rings is 1. The topological polar surface area (TPSA) is 33.7 Å². The molecule has 0 bridgehead atoms. The van der Waals surface area contributed by atoms with Crippen LogP contribution < -0.4 is 5.32 Å². The second-order valence-electron chi connectivity index (χ2n) is 5.81. The van der Waals surface area contributed by atoms with Crippen LogP contribution >= 0.6 is 0 Å². The molecule has 0 aliphatic carbocycles. The van der Waals surface area contributed by atoms with Gasteiger partial charge in [-0.1, -0.05) is 0 Å². The normalized spacial score (nSPS) is 35.5. The zero-order valence-electron chi connectivity index (χ0n) is 10.8. The molecule has 3 aliphatic rings. The predicted octanol–water partition coefficient (Wildman–Crippen LogP) is 0.333. The van der Waals surface area contributed by atoms with Crippen LogP contribution in [0.1, 0.15) is 12.8 Å². The number of ether oxygens (including phenoxy) is 2. The molecule has 4 heteroatoms. The third-order valence-corrected chi connectivity index (χ3v) is 4.95. The van der Waals surface area contributed by atoms with Gasteiger partial charge in [0, 0.05) is 44.3 Å². The molecular formula is C13H24N2O2. The molecular weight excluding hydrogens is 216 g/mol. The summed E-state index contributed by atoms with van der Waals surface area (Å²) in [5.74, 6) is 0.789. The van der Waals surface area contributed by atoms with E-state index >= 15 is 0 Å². The molecule has 1 unspecified atom stereocenters. The number of nitrogens with zero attached hydrogens (tertiary/aromatic N) is 1. The highest BCUT2D eigenvalue weighted by atomic mass is 16.5. The van der Waals surface area contributed by atoms with Crippen LogP contribution in [0, 0.1) is 11.3 Å². The smallest absolute Gasteiger partial charge is 0.0563 e. The van der Waals surface area contributed by atoms with Crippen molar-refractivity contribution in [3.05, 3.63) is 0 Å². The third-order valence-electron chi connectivity index (χ3n) is 4.95. The zero-order chi connectivity index (χ0) is 11.7. The monoisotopic (exact) mass is 240 g/mol. The first kappa shape index (κ1) is 11.9. The summed E-state index contributed by atoms with van der Waals surface area (Å²) in [5, 5.41) is 3.55. The highest BCUT2D eigenvalue weighted by Crippen LogP contribution is 2.45. The predicted molar refractivity (Wildman–Crippen MR) is 66.1 cm³/mol. The van der Waals surface area contributed by atoms with Crippen LogP contribution in [0.4, 0.5) is 0 Å². The van der Waals surface area contributed by atoms with Crippen molar-refractivity contribution >= 4 is 0 Å². The van der Waals surface area contributed by atoms with Crippen LogP contribution in [-0.2, 0) is 9.47 Å². The quantitative estimate of drug-likeness (QED) is 0.754. The van der Waals surface area contributed by atoms with Crippen LogP contribution in [0.2, 0.25) is 0 Å². The molecule has 0 aromatic carbocycles. The van der Waals surface area contributed by atoms with Gasteiger partial charge < -0.3 is 19.7 Å². The van der Waals surface area contributed by atoms with Crippen molar-refractivity contribution < 1.29 is 9.47 Å². The number of hydrogen-bond donors (Lipinski definition) is 1. The summed E-state index contributed by atoms with van der Waals surface area (Å²) in [5.41, 5.74) is 0.395. The first-order valence-corrected chi connectivity index (χ1v) is 6.89. The Morgan fingerprint density at radius 3 is 2.53 bits per heavy atom. The van der Waals surface area contributed by atoms with Gasteiger partial charge in [0.2, 0.25) is 0 Å². The van der Waals surface area contributed by atoms with Crippen molar-refractivity contribution in [3.8, 4) is 0 Å². The molecule has 0 saturated carbocycles. The Kier molecular flexibility index (Phi) is 3.39. The summed E-state index contributed by atoms with van der Waals surface area (Å²) < 4.78 is 11.1. The lowest BCUT2D eigenvalue weighted by Crippen LogP contribution is -2.67. The zero-order valence-corrected chi connectivity index (χ0v) is 10.8. The molecule has 0 radical (unpaired) electrons. The first-order chi connectivity index (χ1) is 8.33. The maximum atomic E-state index is 5.60. The molecule has 0 aromatic rings. The van der Waals surface area contributed by atoms with Crippen LogP contribution in [0.15, 0.2) is 0 Å². The molecule has 3 saturated heterocycles. The molecule has 0 aromatic heterocycles. The Bertz CT molecular complexity index is 262. The van der Waals surface area contributed by atoms with E-state index in [1.807, 2.05) is 0 Å². The SMILES string of the molecule is CN1CCNCC1C1(C2CCOCC2)COC1. The fraction of sp³-hybridized carbons (Fsp3) is 1.00. The summed E-state index contributed by atoms with van der Waals surface area (Å²) >= 11 is 0. The minimum atomic E-state index is 0.395. The van der Waals surface area contributed by atoms with Gasteiger partial charge in [0.15, 0.2) is 0 Å². The summed E-state index contributed by atoms with van der Waals surface area (Å²) in [7, 11) is 2.27. The number of hydrogen-bond acceptors (Lipinski definition) is 4. The molecule has 0 amide bonds. The lowest BCUT2D eigenvalue weighted by Gasteiger charge is -2.56. The molecule has 4 nitrogen and oxygen atoms in total.